The van der Waals surface area contributed by atoms with Crippen molar-refractivity contribution < 1.29 is 17.9 Å². The van der Waals surface area contributed by atoms with Crippen LogP contribution in [0.3, 0.4) is 0 Å². The highest BCUT2D eigenvalue weighted by atomic mass is 127. The monoisotopic (exact) mass is 459 g/mol. The first-order valence-corrected chi connectivity index (χ1v) is 7.64. The Morgan fingerprint density at radius 1 is 1.08 bits per heavy atom. The van der Waals surface area contributed by atoms with Crippen LogP contribution in [0.5, 0.6) is 0 Å². The maximum atomic E-state index is 12.0. The van der Waals surface area contributed by atoms with Gasteiger partial charge in [-0.3, -0.25) is 4.99 Å². The first-order chi connectivity index (χ1) is 11.0. The Labute approximate surface area is 158 Å². The molecule has 2 N–H and O–H groups in total. The van der Waals surface area contributed by atoms with Crippen molar-refractivity contribution >= 4 is 29.9 Å². The molecule has 4 nitrogen and oxygen atoms in total. The fourth-order valence-corrected chi connectivity index (χ4v) is 1.86. The van der Waals surface area contributed by atoms with E-state index in [-0.39, 0.29) is 30.5 Å². The SMILES string of the molecule is CN=C(NCCCOCCc1ccccc1)NCCC(F)(F)F.I. The first-order valence-electron chi connectivity index (χ1n) is 7.64. The van der Waals surface area contributed by atoms with Crippen LogP contribution in [0.1, 0.15) is 18.4 Å². The van der Waals surface area contributed by atoms with E-state index in [9.17, 15) is 13.2 Å². The van der Waals surface area contributed by atoms with Crippen LogP contribution in [0.15, 0.2) is 35.3 Å². The van der Waals surface area contributed by atoms with Gasteiger partial charge in [0.2, 0.25) is 0 Å². The van der Waals surface area contributed by atoms with E-state index in [1.54, 1.807) is 0 Å². The second-order valence-electron chi connectivity index (χ2n) is 4.99. The molecule has 0 radical (unpaired) electrons. The first kappa shape index (κ1) is 23.0. The number of nitrogens with zero attached hydrogens (tertiary/aromatic N) is 1. The van der Waals surface area contributed by atoms with E-state index in [1.165, 1.54) is 12.6 Å². The van der Waals surface area contributed by atoms with E-state index >= 15 is 0 Å². The van der Waals surface area contributed by atoms with E-state index < -0.39 is 12.6 Å². The summed E-state index contributed by atoms with van der Waals surface area (Å²) in [7, 11) is 1.53. The molecule has 24 heavy (non-hydrogen) atoms. The highest BCUT2D eigenvalue weighted by molar-refractivity contribution is 14.0. The molecule has 0 aliphatic carbocycles. The van der Waals surface area contributed by atoms with Crippen molar-refractivity contribution in [2.75, 3.05) is 33.4 Å². The van der Waals surface area contributed by atoms with Gasteiger partial charge >= 0.3 is 6.18 Å². The molecule has 0 spiro atoms. The number of nitrogens with one attached hydrogen (secondary N) is 2. The zero-order valence-corrected chi connectivity index (χ0v) is 16.1. The standard InChI is InChI=1S/C16H24F3N3O.HI/c1-20-15(22-11-9-16(17,18)19)21-10-5-12-23-13-8-14-6-3-2-4-7-14;/h2-4,6-7H,5,8-13H2,1H3,(H2,20,21,22);1H. The Morgan fingerprint density at radius 3 is 2.38 bits per heavy atom. The molecule has 0 unspecified atom stereocenters. The van der Waals surface area contributed by atoms with Crippen LogP contribution < -0.4 is 10.6 Å². The van der Waals surface area contributed by atoms with E-state index in [2.05, 4.69) is 27.8 Å². The molecule has 0 aromatic heterocycles. The predicted molar refractivity (Wildman–Crippen MR) is 101 cm³/mol. The van der Waals surface area contributed by atoms with Crippen molar-refractivity contribution in [1.29, 1.82) is 0 Å². The third-order valence-corrected chi connectivity index (χ3v) is 3.06. The molecule has 0 saturated heterocycles. The summed E-state index contributed by atoms with van der Waals surface area (Å²) >= 11 is 0. The average Bonchev–Trinajstić information content (AvgIpc) is 2.52. The second-order valence-corrected chi connectivity index (χ2v) is 4.99. The van der Waals surface area contributed by atoms with E-state index in [0.717, 1.165) is 12.8 Å². The molecule has 0 aliphatic rings. The predicted octanol–water partition coefficient (Wildman–Crippen LogP) is 3.37. The smallest absolute Gasteiger partial charge is 0.381 e. The number of guanidine groups is 1. The number of alkyl halides is 3. The normalized spacial score (nSPS) is 11.8. The van der Waals surface area contributed by atoms with Crippen molar-refractivity contribution in [1.82, 2.24) is 10.6 Å². The van der Waals surface area contributed by atoms with E-state index in [0.29, 0.717) is 25.7 Å². The molecule has 1 aromatic carbocycles. The zero-order valence-electron chi connectivity index (χ0n) is 13.7. The van der Waals surface area contributed by atoms with Crippen LogP contribution in [-0.2, 0) is 11.2 Å². The highest BCUT2D eigenvalue weighted by Gasteiger charge is 2.26. The fraction of sp³-hybridized carbons (Fsp3) is 0.562. The van der Waals surface area contributed by atoms with Gasteiger partial charge in [0.15, 0.2) is 5.96 Å². The van der Waals surface area contributed by atoms with Gasteiger partial charge in [0.1, 0.15) is 0 Å². The summed E-state index contributed by atoms with van der Waals surface area (Å²) in [6, 6.07) is 10.1. The minimum Gasteiger partial charge on any atom is -0.381 e. The second kappa shape index (κ2) is 13.3. The van der Waals surface area contributed by atoms with Crippen LogP contribution in [0, 0.1) is 0 Å². The summed E-state index contributed by atoms with van der Waals surface area (Å²) in [6.45, 7) is 1.66. The number of halogens is 4. The molecule has 0 bridgehead atoms. The Bertz CT molecular complexity index is 456. The van der Waals surface area contributed by atoms with Crippen molar-refractivity contribution in [3.05, 3.63) is 35.9 Å². The van der Waals surface area contributed by atoms with Crippen molar-refractivity contribution in [2.24, 2.45) is 4.99 Å². The number of hydrogen-bond donors (Lipinski definition) is 2. The van der Waals surface area contributed by atoms with Gasteiger partial charge in [-0.15, -0.1) is 24.0 Å². The lowest BCUT2D eigenvalue weighted by atomic mass is 10.2. The molecule has 0 heterocycles. The molecule has 0 atom stereocenters. The van der Waals surface area contributed by atoms with Gasteiger partial charge in [-0.25, -0.2) is 0 Å². The maximum absolute atomic E-state index is 12.0. The summed E-state index contributed by atoms with van der Waals surface area (Å²) in [5.74, 6) is 0.374. The summed E-state index contributed by atoms with van der Waals surface area (Å²) < 4.78 is 41.7. The molecular weight excluding hydrogens is 434 g/mol. The average molecular weight is 459 g/mol. The number of hydrogen-bond acceptors (Lipinski definition) is 2. The molecule has 0 fully saturated rings. The van der Waals surface area contributed by atoms with Crippen molar-refractivity contribution in [3.8, 4) is 0 Å². The summed E-state index contributed by atoms with van der Waals surface area (Å²) in [5.41, 5.74) is 1.24. The van der Waals surface area contributed by atoms with Gasteiger partial charge in [-0.05, 0) is 18.4 Å². The summed E-state index contributed by atoms with van der Waals surface area (Å²) in [4.78, 5) is 3.87. The topological polar surface area (TPSA) is 45.7 Å². The lowest BCUT2D eigenvalue weighted by Crippen LogP contribution is -2.39. The van der Waals surface area contributed by atoms with Crippen molar-refractivity contribution in [3.63, 3.8) is 0 Å². The Balaban J connectivity index is 0.00000529. The molecule has 8 heteroatoms. The van der Waals surface area contributed by atoms with Crippen molar-refractivity contribution in [2.45, 2.75) is 25.4 Å². The van der Waals surface area contributed by atoms with Crippen LogP contribution in [-0.4, -0.2) is 45.5 Å². The molecule has 138 valence electrons. The minimum atomic E-state index is -4.15. The third kappa shape index (κ3) is 12.4. The number of aliphatic imine (C=N–C) groups is 1. The number of benzene rings is 1. The van der Waals surface area contributed by atoms with Gasteiger partial charge in [-0.1, -0.05) is 30.3 Å². The van der Waals surface area contributed by atoms with Gasteiger partial charge < -0.3 is 15.4 Å². The lowest BCUT2D eigenvalue weighted by Gasteiger charge is -2.13. The molecule has 0 saturated carbocycles. The van der Waals surface area contributed by atoms with Crippen LogP contribution in [0.25, 0.3) is 0 Å². The van der Waals surface area contributed by atoms with Gasteiger partial charge in [0.05, 0.1) is 13.0 Å². The molecule has 1 rings (SSSR count). The molecule has 0 amide bonds. The van der Waals surface area contributed by atoms with Gasteiger partial charge in [-0.2, -0.15) is 13.2 Å². The van der Waals surface area contributed by atoms with Gasteiger partial charge in [0.25, 0.3) is 0 Å². The maximum Gasteiger partial charge on any atom is 0.390 e. The Morgan fingerprint density at radius 2 is 1.75 bits per heavy atom. The van der Waals surface area contributed by atoms with Crippen LogP contribution in [0.4, 0.5) is 13.2 Å². The minimum absolute atomic E-state index is 0. The van der Waals surface area contributed by atoms with Gasteiger partial charge in [0, 0.05) is 26.7 Å². The molecule has 0 aliphatic heterocycles. The zero-order chi connectivity index (χ0) is 17.0. The Kier molecular flexibility index (Phi) is 12.7. The number of ether oxygens (including phenoxy) is 1. The molecule has 1 aromatic rings. The van der Waals surface area contributed by atoms with E-state index in [1.807, 2.05) is 18.2 Å². The van der Waals surface area contributed by atoms with Crippen LogP contribution in [0.2, 0.25) is 0 Å². The number of rotatable bonds is 9. The van der Waals surface area contributed by atoms with E-state index in [4.69, 9.17) is 4.74 Å². The third-order valence-electron chi connectivity index (χ3n) is 3.06. The fourth-order valence-electron chi connectivity index (χ4n) is 1.86. The van der Waals surface area contributed by atoms with Crippen LogP contribution >= 0.6 is 24.0 Å². The summed E-state index contributed by atoms with van der Waals surface area (Å²) in [6.07, 6.45) is -3.40. The summed E-state index contributed by atoms with van der Waals surface area (Å²) in [5, 5.41) is 5.58. The quantitative estimate of drug-likeness (QED) is 0.258. The molecular formula is C16H25F3IN3O. The Hall–Kier alpha value is -1.03. The largest absolute Gasteiger partial charge is 0.390 e. The highest BCUT2D eigenvalue weighted by Crippen LogP contribution is 2.17. The lowest BCUT2D eigenvalue weighted by molar-refractivity contribution is -0.132.